The quantitative estimate of drug-likeness (QED) is 0.537. The van der Waals surface area contributed by atoms with E-state index in [0.29, 0.717) is 23.0 Å². The van der Waals surface area contributed by atoms with E-state index in [4.69, 9.17) is 16.7 Å². The van der Waals surface area contributed by atoms with Crippen LogP contribution in [0.3, 0.4) is 0 Å². The molecule has 2 aromatic rings. The Hall–Kier alpha value is -1.49. The standard InChI is InChI=1S/C14H14BrClN4O4S/c15-10-4-8(5-17-14(10)16)20(25(23)24)12-3-1-2-11-9(12)6-18-19(11)7-13(21)22/h4-6,12H,1-3,7H2,(H,21,22)(H,23,24). The Morgan fingerprint density at radius 1 is 1.52 bits per heavy atom. The summed E-state index contributed by atoms with van der Waals surface area (Å²) in [4.78, 5) is 15.0. The largest absolute Gasteiger partial charge is 0.480 e. The van der Waals surface area contributed by atoms with E-state index in [1.807, 2.05) is 0 Å². The van der Waals surface area contributed by atoms with Crippen molar-refractivity contribution in [1.29, 1.82) is 0 Å². The zero-order chi connectivity index (χ0) is 18.1. The number of aromatic nitrogens is 3. The van der Waals surface area contributed by atoms with Gasteiger partial charge in [-0.25, -0.2) is 9.19 Å². The van der Waals surface area contributed by atoms with E-state index in [9.17, 15) is 13.6 Å². The molecule has 11 heteroatoms. The molecule has 134 valence electrons. The zero-order valence-corrected chi connectivity index (χ0v) is 16.0. The van der Waals surface area contributed by atoms with Gasteiger partial charge in [-0.1, -0.05) is 11.6 Å². The molecular weight excluding hydrogens is 436 g/mol. The predicted octanol–water partition coefficient (Wildman–Crippen LogP) is 2.80. The van der Waals surface area contributed by atoms with Gasteiger partial charge in [0.2, 0.25) is 0 Å². The summed E-state index contributed by atoms with van der Waals surface area (Å²) < 4.78 is 25.2. The average molecular weight is 450 g/mol. The van der Waals surface area contributed by atoms with Crippen molar-refractivity contribution >= 4 is 50.5 Å². The molecule has 2 unspecified atom stereocenters. The summed E-state index contributed by atoms with van der Waals surface area (Å²) in [7, 11) is 0. The molecule has 0 saturated carbocycles. The fourth-order valence-corrected chi connectivity index (χ4v) is 4.17. The van der Waals surface area contributed by atoms with Gasteiger partial charge in [-0.2, -0.15) is 5.10 Å². The number of carboxylic acid groups (broad SMARTS) is 1. The lowest BCUT2D eigenvalue weighted by Gasteiger charge is -2.32. The van der Waals surface area contributed by atoms with E-state index in [-0.39, 0.29) is 11.7 Å². The first-order chi connectivity index (χ1) is 11.9. The number of carboxylic acids is 1. The first kappa shape index (κ1) is 18.3. The Kier molecular flexibility index (Phi) is 5.42. The average Bonchev–Trinajstić information content (AvgIpc) is 2.94. The summed E-state index contributed by atoms with van der Waals surface area (Å²) in [6, 6.07) is 1.21. The van der Waals surface area contributed by atoms with Gasteiger partial charge in [-0.05, 0) is 41.3 Å². The highest BCUT2D eigenvalue weighted by atomic mass is 79.9. The Morgan fingerprint density at radius 3 is 2.92 bits per heavy atom. The Balaban J connectivity index is 2.02. The third-order valence-electron chi connectivity index (χ3n) is 4.00. The maximum absolute atomic E-state index is 12.0. The smallest absolute Gasteiger partial charge is 0.325 e. The monoisotopic (exact) mass is 448 g/mol. The molecule has 0 saturated heterocycles. The number of rotatable bonds is 5. The molecule has 0 radical (unpaired) electrons. The molecule has 25 heavy (non-hydrogen) atoms. The van der Waals surface area contributed by atoms with E-state index in [0.717, 1.165) is 17.7 Å². The van der Waals surface area contributed by atoms with E-state index >= 15 is 0 Å². The topological polar surface area (TPSA) is 109 Å². The van der Waals surface area contributed by atoms with Crippen molar-refractivity contribution in [3.05, 3.63) is 39.3 Å². The molecule has 0 amide bonds. The summed E-state index contributed by atoms with van der Waals surface area (Å²) in [5.41, 5.74) is 1.96. The van der Waals surface area contributed by atoms with Gasteiger partial charge in [0.05, 0.1) is 28.6 Å². The van der Waals surface area contributed by atoms with Crippen LogP contribution >= 0.6 is 27.5 Å². The number of hydrogen-bond acceptors (Lipinski definition) is 4. The fourth-order valence-electron chi connectivity index (χ4n) is 3.01. The molecule has 2 atom stereocenters. The van der Waals surface area contributed by atoms with Crippen molar-refractivity contribution < 1.29 is 18.7 Å². The van der Waals surface area contributed by atoms with Crippen LogP contribution in [0.5, 0.6) is 0 Å². The van der Waals surface area contributed by atoms with Crippen LogP contribution in [-0.4, -0.2) is 34.6 Å². The zero-order valence-electron chi connectivity index (χ0n) is 12.8. The number of halogens is 2. The van der Waals surface area contributed by atoms with Gasteiger partial charge < -0.3 is 5.11 Å². The minimum Gasteiger partial charge on any atom is -0.480 e. The van der Waals surface area contributed by atoms with Crippen LogP contribution < -0.4 is 4.31 Å². The maximum atomic E-state index is 12.0. The van der Waals surface area contributed by atoms with Crippen LogP contribution in [0.1, 0.15) is 30.1 Å². The van der Waals surface area contributed by atoms with Crippen molar-refractivity contribution in [2.75, 3.05) is 4.31 Å². The molecule has 0 bridgehead atoms. The Labute approximate surface area is 159 Å². The highest BCUT2D eigenvalue weighted by Crippen LogP contribution is 2.38. The second kappa shape index (κ2) is 7.40. The highest BCUT2D eigenvalue weighted by Gasteiger charge is 2.32. The van der Waals surface area contributed by atoms with Crippen molar-refractivity contribution in [3.63, 3.8) is 0 Å². The number of anilines is 1. The van der Waals surface area contributed by atoms with Crippen LogP contribution in [0.25, 0.3) is 0 Å². The molecule has 0 spiro atoms. The van der Waals surface area contributed by atoms with E-state index in [1.165, 1.54) is 15.2 Å². The summed E-state index contributed by atoms with van der Waals surface area (Å²) in [6.45, 7) is -0.238. The summed E-state index contributed by atoms with van der Waals surface area (Å²) in [5.74, 6) is -0.985. The molecule has 3 rings (SSSR count). The maximum Gasteiger partial charge on any atom is 0.325 e. The number of fused-ring (bicyclic) bond motifs is 1. The number of pyridine rings is 1. The summed E-state index contributed by atoms with van der Waals surface area (Å²) in [6.07, 6.45) is 5.06. The number of hydrogen-bond donors (Lipinski definition) is 2. The number of carbonyl (C=O) groups is 1. The van der Waals surface area contributed by atoms with Gasteiger partial charge >= 0.3 is 5.97 Å². The van der Waals surface area contributed by atoms with Crippen molar-refractivity contribution in [2.24, 2.45) is 0 Å². The second-order valence-electron chi connectivity index (χ2n) is 5.53. The SMILES string of the molecule is O=C(O)Cn1ncc2c1CCCC2N(c1cnc(Cl)c(Br)c1)S(=O)O. The first-order valence-electron chi connectivity index (χ1n) is 7.36. The number of nitrogens with zero attached hydrogens (tertiary/aromatic N) is 4. The van der Waals surface area contributed by atoms with Crippen molar-refractivity contribution in [3.8, 4) is 0 Å². The van der Waals surface area contributed by atoms with E-state index < -0.39 is 23.3 Å². The van der Waals surface area contributed by atoms with Gasteiger partial charge in [0.1, 0.15) is 11.7 Å². The molecule has 2 heterocycles. The minimum absolute atomic E-state index is 0.238. The lowest BCUT2D eigenvalue weighted by molar-refractivity contribution is -0.137. The van der Waals surface area contributed by atoms with Crippen LogP contribution in [-0.2, 0) is 29.0 Å². The van der Waals surface area contributed by atoms with Gasteiger partial charge in [0, 0.05) is 11.3 Å². The Bertz CT molecular complexity index is 846. The molecular formula is C14H14BrClN4O4S. The highest BCUT2D eigenvalue weighted by molar-refractivity contribution is 9.10. The third kappa shape index (κ3) is 3.71. The van der Waals surface area contributed by atoms with Crippen molar-refractivity contribution in [2.45, 2.75) is 31.8 Å². The van der Waals surface area contributed by atoms with E-state index in [2.05, 4.69) is 26.0 Å². The van der Waals surface area contributed by atoms with Gasteiger partial charge in [-0.3, -0.25) is 18.3 Å². The molecule has 0 aliphatic heterocycles. The van der Waals surface area contributed by atoms with Crippen LogP contribution in [0.15, 0.2) is 22.9 Å². The normalized spacial score (nSPS) is 17.8. The second-order valence-corrected chi connectivity index (χ2v) is 7.60. The molecule has 0 fully saturated rings. The first-order valence-corrected chi connectivity index (χ1v) is 9.59. The van der Waals surface area contributed by atoms with Crippen LogP contribution in [0.4, 0.5) is 5.69 Å². The van der Waals surface area contributed by atoms with Crippen LogP contribution in [0.2, 0.25) is 5.15 Å². The van der Waals surface area contributed by atoms with Crippen LogP contribution in [0, 0.1) is 0 Å². The van der Waals surface area contributed by atoms with Gasteiger partial charge in [-0.15, -0.1) is 0 Å². The lowest BCUT2D eigenvalue weighted by Crippen LogP contribution is -2.33. The summed E-state index contributed by atoms with van der Waals surface area (Å²) in [5, 5.41) is 13.4. The Morgan fingerprint density at radius 2 is 2.28 bits per heavy atom. The van der Waals surface area contributed by atoms with E-state index in [1.54, 1.807) is 12.3 Å². The van der Waals surface area contributed by atoms with Crippen molar-refractivity contribution in [1.82, 2.24) is 14.8 Å². The molecule has 8 nitrogen and oxygen atoms in total. The third-order valence-corrected chi connectivity index (χ3v) is 5.94. The molecule has 2 aromatic heterocycles. The minimum atomic E-state index is -2.30. The summed E-state index contributed by atoms with van der Waals surface area (Å²) >= 11 is 6.87. The fraction of sp³-hybridized carbons (Fsp3) is 0.357. The predicted molar refractivity (Wildman–Crippen MR) is 95.7 cm³/mol. The van der Waals surface area contributed by atoms with Gasteiger partial charge in [0.15, 0.2) is 0 Å². The number of aliphatic carboxylic acids is 1. The molecule has 1 aliphatic carbocycles. The molecule has 0 aromatic carbocycles. The molecule has 1 aliphatic rings. The molecule has 2 N–H and O–H groups in total. The van der Waals surface area contributed by atoms with Gasteiger partial charge in [0.25, 0.3) is 11.3 Å². The lowest BCUT2D eigenvalue weighted by atomic mass is 9.92.